The number of anilines is 1. The molecule has 0 saturated heterocycles. The molecule has 0 unspecified atom stereocenters. The van der Waals surface area contributed by atoms with Gasteiger partial charge in [0.1, 0.15) is 5.82 Å². The van der Waals surface area contributed by atoms with Gasteiger partial charge in [-0.3, -0.25) is 0 Å². The molecule has 0 radical (unpaired) electrons. The fourth-order valence-corrected chi connectivity index (χ4v) is 2.64. The Balaban J connectivity index is 2.22. The van der Waals surface area contributed by atoms with Gasteiger partial charge in [-0.05, 0) is 19.8 Å². The molecule has 100 valence electrons. The SMILES string of the molecule is CNc1nc(C2CCCCCCC2)nc(C)c1F. The zero-order valence-electron chi connectivity index (χ0n) is 11.3. The largest absolute Gasteiger partial charge is 0.371 e. The Morgan fingerprint density at radius 2 is 1.67 bits per heavy atom. The van der Waals surface area contributed by atoms with Gasteiger partial charge in [0.15, 0.2) is 11.6 Å². The van der Waals surface area contributed by atoms with Crippen molar-refractivity contribution in [2.24, 2.45) is 0 Å². The van der Waals surface area contributed by atoms with Gasteiger partial charge in [-0.15, -0.1) is 0 Å². The van der Waals surface area contributed by atoms with Crippen LogP contribution in [-0.2, 0) is 0 Å². The lowest BCUT2D eigenvalue weighted by Crippen LogP contribution is -2.11. The second kappa shape index (κ2) is 6.12. The molecule has 2 rings (SSSR count). The molecule has 0 aliphatic heterocycles. The summed E-state index contributed by atoms with van der Waals surface area (Å²) in [7, 11) is 1.70. The number of rotatable bonds is 2. The zero-order valence-corrected chi connectivity index (χ0v) is 11.3. The van der Waals surface area contributed by atoms with E-state index in [2.05, 4.69) is 15.3 Å². The Hall–Kier alpha value is -1.19. The van der Waals surface area contributed by atoms with Crippen LogP contribution in [0.15, 0.2) is 0 Å². The van der Waals surface area contributed by atoms with Crippen LogP contribution in [0.4, 0.5) is 10.2 Å². The molecular formula is C14H22FN3. The minimum atomic E-state index is -0.327. The van der Waals surface area contributed by atoms with Gasteiger partial charge in [-0.1, -0.05) is 32.1 Å². The summed E-state index contributed by atoms with van der Waals surface area (Å²) in [5.74, 6) is 1.23. The molecule has 1 fully saturated rings. The van der Waals surface area contributed by atoms with E-state index in [1.807, 2.05) is 0 Å². The Morgan fingerprint density at radius 3 is 2.28 bits per heavy atom. The highest BCUT2D eigenvalue weighted by molar-refractivity contribution is 5.37. The van der Waals surface area contributed by atoms with Gasteiger partial charge >= 0.3 is 0 Å². The van der Waals surface area contributed by atoms with Crippen LogP contribution in [-0.4, -0.2) is 17.0 Å². The summed E-state index contributed by atoms with van der Waals surface area (Å²) in [4.78, 5) is 8.70. The van der Waals surface area contributed by atoms with Crippen LogP contribution in [0.5, 0.6) is 0 Å². The summed E-state index contributed by atoms with van der Waals surface area (Å²) in [5, 5.41) is 2.82. The number of aromatic nitrogens is 2. The van der Waals surface area contributed by atoms with Crippen molar-refractivity contribution in [2.45, 2.75) is 57.8 Å². The maximum absolute atomic E-state index is 13.7. The van der Waals surface area contributed by atoms with Crippen LogP contribution >= 0.6 is 0 Å². The van der Waals surface area contributed by atoms with E-state index in [-0.39, 0.29) is 5.82 Å². The number of aryl methyl sites for hydroxylation is 1. The Bertz CT molecular complexity index is 398. The van der Waals surface area contributed by atoms with Gasteiger partial charge < -0.3 is 5.32 Å². The first-order valence-electron chi connectivity index (χ1n) is 6.94. The van der Waals surface area contributed by atoms with Gasteiger partial charge in [0.05, 0.1) is 5.69 Å². The number of hydrogen-bond donors (Lipinski definition) is 1. The normalized spacial score (nSPS) is 18.2. The highest BCUT2D eigenvalue weighted by Crippen LogP contribution is 2.30. The molecule has 1 saturated carbocycles. The third kappa shape index (κ3) is 2.98. The molecule has 3 nitrogen and oxygen atoms in total. The summed E-state index contributed by atoms with van der Waals surface area (Å²) in [5.41, 5.74) is 0.450. The Kier molecular flexibility index (Phi) is 4.50. The molecule has 1 aromatic rings. The van der Waals surface area contributed by atoms with Crippen LogP contribution in [0.2, 0.25) is 0 Å². The standard InChI is InChI=1S/C14H22FN3/c1-10-12(15)14(16-2)18-13(17-10)11-8-6-4-3-5-7-9-11/h11H,3-9H2,1-2H3,(H,16,17,18). The molecule has 1 heterocycles. The summed E-state index contributed by atoms with van der Waals surface area (Å²) in [6, 6.07) is 0. The van der Waals surface area contributed by atoms with Gasteiger partial charge in [0.25, 0.3) is 0 Å². The molecule has 18 heavy (non-hydrogen) atoms. The fourth-order valence-electron chi connectivity index (χ4n) is 2.64. The maximum Gasteiger partial charge on any atom is 0.186 e. The van der Waals surface area contributed by atoms with Crippen molar-refractivity contribution in [2.75, 3.05) is 12.4 Å². The molecule has 1 aliphatic rings. The van der Waals surface area contributed by atoms with E-state index in [0.29, 0.717) is 17.4 Å². The van der Waals surface area contributed by atoms with Crippen LogP contribution in [0.1, 0.15) is 62.4 Å². The number of nitrogens with one attached hydrogen (secondary N) is 1. The van der Waals surface area contributed by atoms with Gasteiger partial charge in [0.2, 0.25) is 0 Å². The first-order valence-corrected chi connectivity index (χ1v) is 6.94. The highest BCUT2D eigenvalue weighted by atomic mass is 19.1. The van der Waals surface area contributed by atoms with Crippen molar-refractivity contribution in [3.05, 3.63) is 17.3 Å². The molecule has 0 amide bonds. The number of hydrogen-bond acceptors (Lipinski definition) is 3. The first kappa shape index (κ1) is 13.2. The van der Waals surface area contributed by atoms with Gasteiger partial charge in [-0.25, -0.2) is 14.4 Å². The quantitative estimate of drug-likeness (QED) is 0.869. The second-order valence-corrected chi connectivity index (χ2v) is 5.12. The monoisotopic (exact) mass is 251 g/mol. The lowest BCUT2D eigenvalue weighted by atomic mass is 9.90. The molecule has 0 atom stereocenters. The molecule has 1 aliphatic carbocycles. The minimum Gasteiger partial charge on any atom is -0.371 e. The summed E-state index contributed by atoms with van der Waals surface area (Å²) in [6.45, 7) is 1.71. The van der Waals surface area contributed by atoms with Crippen LogP contribution in [0, 0.1) is 12.7 Å². The highest BCUT2D eigenvalue weighted by Gasteiger charge is 2.19. The van der Waals surface area contributed by atoms with E-state index in [9.17, 15) is 4.39 Å². The van der Waals surface area contributed by atoms with E-state index < -0.39 is 0 Å². The predicted octanol–water partition coefficient (Wildman–Crippen LogP) is 3.79. The number of nitrogens with zero attached hydrogens (tertiary/aromatic N) is 2. The summed E-state index contributed by atoms with van der Waals surface area (Å²) < 4.78 is 13.7. The average molecular weight is 251 g/mol. The van der Waals surface area contributed by atoms with Crippen molar-refractivity contribution >= 4 is 5.82 Å². The van der Waals surface area contributed by atoms with E-state index in [4.69, 9.17) is 0 Å². The second-order valence-electron chi connectivity index (χ2n) is 5.12. The minimum absolute atomic E-state index is 0.327. The smallest absolute Gasteiger partial charge is 0.186 e. The van der Waals surface area contributed by atoms with Crippen LogP contribution < -0.4 is 5.32 Å². The van der Waals surface area contributed by atoms with E-state index >= 15 is 0 Å². The van der Waals surface area contributed by atoms with E-state index in [1.165, 1.54) is 32.1 Å². The topological polar surface area (TPSA) is 37.8 Å². The average Bonchev–Trinajstić information content (AvgIpc) is 2.32. The molecule has 0 spiro atoms. The van der Waals surface area contributed by atoms with Crippen molar-refractivity contribution in [3.8, 4) is 0 Å². The van der Waals surface area contributed by atoms with Crippen LogP contribution in [0.25, 0.3) is 0 Å². The third-order valence-electron chi connectivity index (χ3n) is 3.74. The predicted molar refractivity (Wildman–Crippen MR) is 71.3 cm³/mol. The molecule has 4 heteroatoms. The van der Waals surface area contributed by atoms with E-state index in [0.717, 1.165) is 18.7 Å². The lowest BCUT2D eigenvalue weighted by molar-refractivity contribution is 0.440. The lowest BCUT2D eigenvalue weighted by Gasteiger charge is -2.19. The van der Waals surface area contributed by atoms with Crippen molar-refractivity contribution in [3.63, 3.8) is 0 Å². The number of halogens is 1. The fraction of sp³-hybridized carbons (Fsp3) is 0.714. The van der Waals surface area contributed by atoms with Crippen molar-refractivity contribution in [1.82, 2.24) is 9.97 Å². The molecule has 0 bridgehead atoms. The molecule has 0 aromatic carbocycles. The van der Waals surface area contributed by atoms with Gasteiger partial charge in [0, 0.05) is 13.0 Å². The molecule has 1 aromatic heterocycles. The van der Waals surface area contributed by atoms with Crippen molar-refractivity contribution < 1.29 is 4.39 Å². The summed E-state index contributed by atoms with van der Waals surface area (Å²) in [6.07, 6.45) is 8.68. The Morgan fingerprint density at radius 1 is 1.06 bits per heavy atom. The molecular weight excluding hydrogens is 229 g/mol. The zero-order chi connectivity index (χ0) is 13.0. The first-order chi connectivity index (χ1) is 8.72. The molecule has 1 N–H and O–H groups in total. The van der Waals surface area contributed by atoms with Crippen molar-refractivity contribution in [1.29, 1.82) is 0 Å². The maximum atomic E-state index is 13.7. The summed E-state index contributed by atoms with van der Waals surface area (Å²) >= 11 is 0. The van der Waals surface area contributed by atoms with Crippen LogP contribution in [0.3, 0.4) is 0 Å². The Labute approximate surface area is 108 Å². The third-order valence-corrected chi connectivity index (χ3v) is 3.74. The van der Waals surface area contributed by atoms with E-state index in [1.54, 1.807) is 14.0 Å². The van der Waals surface area contributed by atoms with Gasteiger partial charge in [-0.2, -0.15) is 0 Å².